The third-order valence-electron chi connectivity index (χ3n) is 6.08. The van der Waals surface area contributed by atoms with E-state index in [0.29, 0.717) is 39.6 Å². The molecular formula is C27H20ClN5O. The molecule has 0 spiro atoms. The van der Waals surface area contributed by atoms with E-state index in [0.717, 1.165) is 22.3 Å². The van der Waals surface area contributed by atoms with E-state index in [1.807, 2.05) is 91.2 Å². The largest absolute Gasteiger partial charge is 0.292 e. The molecule has 3 aromatic carbocycles. The van der Waals surface area contributed by atoms with Crippen molar-refractivity contribution in [1.82, 2.24) is 24.1 Å². The van der Waals surface area contributed by atoms with E-state index in [4.69, 9.17) is 26.6 Å². The Balaban J connectivity index is 1.71. The van der Waals surface area contributed by atoms with Crippen LogP contribution in [0.25, 0.3) is 38.9 Å². The van der Waals surface area contributed by atoms with E-state index in [-0.39, 0.29) is 5.56 Å². The molecule has 0 unspecified atom stereocenters. The number of nitrogens with zero attached hydrogens (tertiary/aromatic N) is 5. The molecule has 0 bridgehead atoms. The molecule has 0 saturated carbocycles. The molecule has 7 heteroatoms. The molecular weight excluding hydrogens is 446 g/mol. The van der Waals surface area contributed by atoms with Crippen molar-refractivity contribution in [3.8, 4) is 5.69 Å². The van der Waals surface area contributed by atoms with Crippen molar-refractivity contribution in [2.75, 3.05) is 0 Å². The number of hydrogen-bond donors (Lipinski definition) is 0. The highest BCUT2D eigenvalue weighted by Crippen LogP contribution is 2.29. The van der Waals surface area contributed by atoms with Crippen LogP contribution in [-0.4, -0.2) is 24.1 Å². The van der Waals surface area contributed by atoms with Crippen molar-refractivity contribution in [2.45, 2.75) is 20.4 Å². The van der Waals surface area contributed by atoms with Gasteiger partial charge in [0.2, 0.25) is 0 Å². The van der Waals surface area contributed by atoms with Crippen LogP contribution in [0, 0.1) is 13.8 Å². The SMILES string of the molecule is Cc1ccc(Cn2c(C)nc3c(c2=O)c2nc4ccccc4nc2n3-c2cccc(Cl)c2)cc1. The minimum Gasteiger partial charge on any atom is -0.292 e. The molecule has 0 radical (unpaired) electrons. The summed E-state index contributed by atoms with van der Waals surface area (Å²) in [6, 6.07) is 23.3. The maximum Gasteiger partial charge on any atom is 0.265 e. The second-order valence-corrected chi connectivity index (χ2v) is 8.87. The van der Waals surface area contributed by atoms with Crippen LogP contribution >= 0.6 is 11.6 Å². The number of hydrogen-bond acceptors (Lipinski definition) is 4. The van der Waals surface area contributed by atoms with E-state index in [1.54, 1.807) is 4.57 Å². The second kappa shape index (κ2) is 7.78. The standard InChI is InChI=1S/C27H20ClN5O/c1-16-10-12-18(13-11-16)15-32-17(2)29-25-23(27(32)34)24-26(31-22-9-4-3-8-21(22)30-24)33(25)20-7-5-6-19(28)14-20/h3-14H,15H2,1-2H3. The van der Waals surface area contributed by atoms with Gasteiger partial charge in [0, 0.05) is 5.02 Å². The lowest BCUT2D eigenvalue weighted by Gasteiger charge is -2.11. The molecule has 0 atom stereocenters. The molecule has 0 saturated heterocycles. The smallest absolute Gasteiger partial charge is 0.265 e. The monoisotopic (exact) mass is 465 g/mol. The molecule has 3 aromatic heterocycles. The van der Waals surface area contributed by atoms with Crippen LogP contribution in [0.1, 0.15) is 17.0 Å². The number of fused-ring (bicyclic) bond motifs is 4. The van der Waals surface area contributed by atoms with Gasteiger partial charge in [0.25, 0.3) is 5.56 Å². The zero-order valence-electron chi connectivity index (χ0n) is 18.7. The van der Waals surface area contributed by atoms with Crippen LogP contribution in [0.5, 0.6) is 0 Å². The third kappa shape index (κ3) is 3.26. The molecule has 0 aliphatic rings. The molecule has 0 N–H and O–H groups in total. The van der Waals surface area contributed by atoms with Gasteiger partial charge in [0.15, 0.2) is 11.3 Å². The van der Waals surface area contributed by atoms with Crippen LogP contribution in [0.4, 0.5) is 0 Å². The number of benzene rings is 3. The first-order chi connectivity index (χ1) is 16.5. The summed E-state index contributed by atoms with van der Waals surface area (Å²) in [5.74, 6) is 0.619. The fourth-order valence-corrected chi connectivity index (χ4v) is 4.54. The molecule has 6 rings (SSSR count). The summed E-state index contributed by atoms with van der Waals surface area (Å²) in [5, 5.41) is 1.04. The van der Waals surface area contributed by atoms with E-state index < -0.39 is 0 Å². The zero-order valence-corrected chi connectivity index (χ0v) is 19.4. The van der Waals surface area contributed by atoms with Crippen molar-refractivity contribution in [3.05, 3.63) is 105 Å². The predicted octanol–water partition coefficient (Wildman–Crippen LogP) is 5.60. The van der Waals surface area contributed by atoms with Crippen LogP contribution in [0.3, 0.4) is 0 Å². The average Bonchev–Trinajstić information content (AvgIpc) is 3.14. The molecule has 34 heavy (non-hydrogen) atoms. The Kier molecular flexibility index (Phi) is 4.71. The summed E-state index contributed by atoms with van der Waals surface area (Å²) in [4.78, 5) is 28.5. The van der Waals surface area contributed by atoms with Gasteiger partial charge >= 0.3 is 0 Å². The number of rotatable bonds is 3. The molecule has 166 valence electrons. The maximum absolute atomic E-state index is 13.9. The minimum absolute atomic E-state index is 0.140. The molecule has 0 amide bonds. The number of aromatic nitrogens is 5. The van der Waals surface area contributed by atoms with Crippen LogP contribution in [-0.2, 0) is 6.54 Å². The fourth-order valence-electron chi connectivity index (χ4n) is 4.35. The molecule has 0 aliphatic heterocycles. The number of para-hydroxylation sites is 2. The third-order valence-corrected chi connectivity index (χ3v) is 6.32. The van der Waals surface area contributed by atoms with Gasteiger partial charge in [0.1, 0.15) is 16.7 Å². The first-order valence-corrected chi connectivity index (χ1v) is 11.4. The van der Waals surface area contributed by atoms with Crippen molar-refractivity contribution in [2.24, 2.45) is 0 Å². The molecule has 0 fully saturated rings. The highest BCUT2D eigenvalue weighted by atomic mass is 35.5. The zero-order chi connectivity index (χ0) is 23.4. The van der Waals surface area contributed by atoms with Crippen molar-refractivity contribution >= 4 is 44.8 Å². The highest BCUT2D eigenvalue weighted by molar-refractivity contribution is 6.30. The Morgan fingerprint density at radius 3 is 2.29 bits per heavy atom. The first-order valence-electron chi connectivity index (χ1n) is 11.0. The summed E-state index contributed by atoms with van der Waals surface area (Å²) < 4.78 is 3.58. The Labute approximate surface area is 200 Å². The van der Waals surface area contributed by atoms with Gasteiger partial charge in [-0.15, -0.1) is 0 Å². The van der Waals surface area contributed by atoms with E-state index in [2.05, 4.69) is 0 Å². The van der Waals surface area contributed by atoms with Gasteiger partial charge in [-0.05, 0) is 49.7 Å². The van der Waals surface area contributed by atoms with Crippen molar-refractivity contribution in [1.29, 1.82) is 0 Å². The predicted molar refractivity (Wildman–Crippen MR) is 136 cm³/mol. The topological polar surface area (TPSA) is 65.6 Å². The Hall–Kier alpha value is -4.03. The van der Waals surface area contributed by atoms with Crippen molar-refractivity contribution in [3.63, 3.8) is 0 Å². The summed E-state index contributed by atoms with van der Waals surface area (Å²) in [6.07, 6.45) is 0. The Bertz CT molecular complexity index is 1780. The summed E-state index contributed by atoms with van der Waals surface area (Å²) >= 11 is 6.31. The van der Waals surface area contributed by atoms with Crippen LogP contribution < -0.4 is 5.56 Å². The lowest BCUT2D eigenvalue weighted by Crippen LogP contribution is -2.24. The quantitative estimate of drug-likeness (QED) is 0.341. The fraction of sp³-hybridized carbons (Fsp3) is 0.111. The number of aryl methyl sites for hydroxylation is 2. The first kappa shape index (κ1) is 20.6. The molecule has 3 heterocycles. The normalized spacial score (nSPS) is 11.6. The van der Waals surface area contributed by atoms with E-state index >= 15 is 0 Å². The van der Waals surface area contributed by atoms with Gasteiger partial charge in [-0.3, -0.25) is 13.9 Å². The molecule has 0 aliphatic carbocycles. The van der Waals surface area contributed by atoms with Gasteiger partial charge in [-0.2, -0.15) is 0 Å². The lowest BCUT2D eigenvalue weighted by molar-refractivity contribution is 0.711. The maximum atomic E-state index is 13.9. The highest BCUT2D eigenvalue weighted by Gasteiger charge is 2.22. The lowest BCUT2D eigenvalue weighted by atomic mass is 10.1. The Morgan fingerprint density at radius 2 is 1.56 bits per heavy atom. The second-order valence-electron chi connectivity index (χ2n) is 8.43. The Morgan fingerprint density at radius 1 is 0.824 bits per heavy atom. The van der Waals surface area contributed by atoms with Gasteiger partial charge < -0.3 is 0 Å². The number of halogens is 1. The van der Waals surface area contributed by atoms with Crippen LogP contribution in [0.2, 0.25) is 5.02 Å². The van der Waals surface area contributed by atoms with Gasteiger partial charge in [-0.25, -0.2) is 15.0 Å². The van der Waals surface area contributed by atoms with E-state index in [9.17, 15) is 4.79 Å². The van der Waals surface area contributed by atoms with Gasteiger partial charge in [-0.1, -0.05) is 59.6 Å². The summed E-state index contributed by atoms with van der Waals surface area (Å²) in [6.45, 7) is 4.33. The summed E-state index contributed by atoms with van der Waals surface area (Å²) in [5.41, 5.74) is 5.95. The summed E-state index contributed by atoms with van der Waals surface area (Å²) in [7, 11) is 0. The van der Waals surface area contributed by atoms with Crippen LogP contribution in [0.15, 0.2) is 77.6 Å². The van der Waals surface area contributed by atoms with E-state index in [1.165, 1.54) is 5.56 Å². The van der Waals surface area contributed by atoms with Gasteiger partial charge in [0.05, 0.1) is 23.3 Å². The molecule has 6 aromatic rings. The molecule has 6 nitrogen and oxygen atoms in total. The van der Waals surface area contributed by atoms with Crippen molar-refractivity contribution < 1.29 is 0 Å². The minimum atomic E-state index is -0.140. The average molecular weight is 466 g/mol.